The van der Waals surface area contributed by atoms with E-state index in [1.807, 2.05) is 54.6 Å². The van der Waals surface area contributed by atoms with Gasteiger partial charge in [0.2, 0.25) is 0 Å². The third-order valence-corrected chi connectivity index (χ3v) is 3.70. The number of carbonyl (C=O) groups is 1. The van der Waals surface area contributed by atoms with Crippen molar-refractivity contribution < 1.29 is 9.53 Å². The zero-order chi connectivity index (χ0) is 13.7. The van der Waals surface area contributed by atoms with Crippen LogP contribution in [-0.2, 0) is 11.2 Å². The van der Waals surface area contributed by atoms with Gasteiger partial charge < -0.3 is 4.74 Å². The first kappa shape index (κ1) is 13.8. The summed E-state index contributed by atoms with van der Waals surface area (Å²) in [5, 5.41) is 0. The van der Waals surface area contributed by atoms with E-state index in [1.54, 1.807) is 6.92 Å². The molecule has 2 rings (SSSR count). The Kier molecular flexibility index (Phi) is 4.74. The summed E-state index contributed by atoms with van der Waals surface area (Å²) in [6.45, 7) is 1.59. The Morgan fingerprint density at radius 1 is 1.11 bits per heavy atom. The lowest BCUT2D eigenvalue weighted by Gasteiger charge is -2.09. The van der Waals surface area contributed by atoms with Crippen molar-refractivity contribution in [1.29, 1.82) is 0 Å². The van der Waals surface area contributed by atoms with Crippen LogP contribution in [0, 0.1) is 0 Å². The van der Waals surface area contributed by atoms with Gasteiger partial charge in [0, 0.05) is 0 Å². The maximum atomic E-state index is 11.2. The lowest BCUT2D eigenvalue weighted by atomic mass is 10.1. The van der Waals surface area contributed by atoms with Gasteiger partial charge in [0.25, 0.3) is 0 Å². The molecule has 0 radical (unpaired) electrons. The molecule has 1 unspecified atom stereocenters. The monoisotopic (exact) mass is 318 g/mol. The van der Waals surface area contributed by atoms with Crippen LogP contribution in [-0.4, -0.2) is 10.6 Å². The molecule has 0 aliphatic rings. The van der Waals surface area contributed by atoms with E-state index < -0.39 is 0 Å². The van der Waals surface area contributed by atoms with Gasteiger partial charge in [-0.15, -0.1) is 0 Å². The quantitative estimate of drug-likeness (QED) is 0.765. The summed E-state index contributed by atoms with van der Waals surface area (Å²) in [6.07, 6.45) is 0.668. The molecule has 0 bridgehead atoms. The van der Waals surface area contributed by atoms with Crippen LogP contribution in [0.15, 0.2) is 54.6 Å². The van der Waals surface area contributed by atoms with Gasteiger partial charge in [-0.05, 0) is 43.2 Å². The molecule has 2 aromatic carbocycles. The highest BCUT2D eigenvalue weighted by Gasteiger charge is 2.10. The third kappa shape index (κ3) is 4.21. The number of Topliss-reactive ketones (excluding diaryl/α,β-unsaturated/α-hetero) is 1. The molecule has 19 heavy (non-hydrogen) atoms. The first-order chi connectivity index (χ1) is 9.15. The Hall–Kier alpha value is -1.61. The minimum Gasteiger partial charge on any atom is -0.457 e. The zero-order valence-electron chi connectivity index (χ0n) is 10.7. The lowest BCUT2D eigenvalue weighted by molar-refractivity contribution is -0.116. The Morgan fingerprint density at radius 2 is 1.79 bits per heavy atom. The van der Waals surface area contributed by atoms with Crippen LogP contribution in [0.5, 0.6) is 11.5 Å². The van der Waals surface area contributed by atoms with Gasteiger partial charge in [0.1, 0.15) is 17.3 Å². The van der Waals surface area contributed by atoms with Crippen molar-refractivity contribution in [3.63, 3.8) is 0 Å². The average molecular weight is 319 g/mol. The van der Waals surface area contributed by atoms with Crippen molar-refractivity contribution in [2.24, 2.45) is 0 Å². The molecular weight excluding hydrogens is 304 g/mol. The molecule has 0 aromatic heterocycles. The SMILES string of the molecule is CC(=O)C(Br)Cc1cccc(Oc2ccccc2)c1. The highest BCUT2D eigenvalue weighted by molar-refractivity contribution is 9.10. The Labute approximate surface area is 121 Å². The van der Waals surface area contributed by atoms with E-state index in [2.05, 4.69) is 15.9 Å². The Bertz CT molecular complexity index is 552. The number of carbonyl (C=O) groups excluding carboxylic acids is 1. The molecule has 0 heterocycles. The van der Waals surface area contributed by atoms with Crippen molar-refractivity contribution >= 4 is 21.7 Å². The molecule has 98 valence electrons. The highest BCUT2D eigenvalue weighted by Crippen LogP contribution is 2.23. The predicted octanol–water partition coefficient (Wildman–Crippen LogP) is 4.37. The van der Waals surface area contributed by atoms with Crippen molar-refractivity contribution in [3.8, 4) is 11.5 Å². The summed E-state index contributed by atoms with van der Waals surface area (Å²) in [7, 11) is 0. The van der Waals surface area contributed by atoms with Gasteiger partial charge >= 0.3 is 0 Å². The average Bonchev–Trinajstić information content (AvgIpc) is 2.40. The lowest BCUT2D eigenvalue weighted by Crippen LogP contribution is -2.12. The second-order valence-electron chi connectivity index (χ2n) is 4.34. The Balaban J connectivity index is 2.09. The number of ether oxygens (including phenoxy) is 1. The molecular formula is C16H15BrO2. The maximum absolute atomic E-state index is 11.2. The number of hydrogen-bond acceptors (Lipinski definition) is 2. The third-order valence-electron chi connectivity index (χ3n) is 2.73. The van der Waals surface area contributed by atoms with Crippen molar-refractivity contribution in [2.45, 2.75) is 18.2 Å². The number of alkyl halides is 1. The van der Waals surface area contributed by atoms with Gasteiger partial charge in [0.15, 0.2) is 0 Å². The number of halogens is 1. The predicted molar refractivity (Wildman–Crippen MR) is 80.1 cm³/mol. The number of hydrogen-bond donors (Lipinski definition) is 0. The van der Waals surface area contributed by atoms with Crippen LogP contribution in [0.25, 0.3) is 0 Å². The van der Waals surface area contributed by atoms with E-state index in [9.17, 15) is 4.79 Å². The Morgan fingerprint density at radius 3 is 2.47 bits per heavy atom. The van der Waals surface area contributed by atoms with E-state index in [4.69, 9.17) is 4.74 Å². The van der Waals surface area contributed by atoms with Gasteiger partial charge in [0.05, 0.1) is 4.83 Å². The summed E-state index contributed by atoms with van der Waals surface area (Å²) in [5.41, 5.74) is 1.07. The summed E-state index contributed by atoms with van der Waals surface area (Å²) < 4.78 is 5.76. The molecule has 0 N–H and O–H groups in total. The van der Waals surface area contributed by atoms with Gasteiger partial charge in [-0.2, -0.15) is 0 Å². The first-order valence-corrected chi connectivity index (χ1v) is 7.03. The van der Waals surface area contributed by atoms with Gasteiger partial charge in [-0.3, -0.25) is 4.79 Å². The summed E-state index contributed by atoms with van der Waals surface area (Å²) in [5.74, 6) is 1.72. The van der Waals surface area contributed by atoms with Crippen LogP contribution >= 0.6 is 15.9 Å². The number of benzene rings is 2. The number of rotatable bonds is 5. The van der Waals surface area contributed by atoms with Gasteiger partial charge in [-0.1, -0.05) is 46.3 Å². The number of para-hydroxylation sites is 1. The minimum absolute atomic E-state index is 0.134. The molecule has 0 aliphatic heterocycles. The highest BCUT2D eigenvalue weighted by atomic mass is 79.9. The molecule has 3 heteroatoms. The molecule has 0 saturated heterocycles. The van der Waals surface area contributed by atoms with E-state index in [0.717, 1.165) is 17.1 Å². The second kappa shape index (κ2) is 6.53. The van der Waals surface area contributed by atoms with Crippen molar-refractivity contribution in [1.82, 2.24) is 0 Å². The zero-order valence-corrected chi connectivity index (χ0v) is 12.3. The van der Waals surface area contributed by atoms with E-state index in [1.165, 1.54) is 0 Å². The minimum atomic E-state index is -0.139. The van der Waals surface area contributed by atoms with Crippen LogP contribution in [0.3, 0.4) is 0 Å². The van der Waals surface area contributed by atoms with Crippen molar-refractivity contribution in [2.75, 3.05) is 0 Å². The second-order valence-corrected chi connectivity index (χ2v) is 5.45. The summed E-state index contributed by atoms with van der Waals surface area (Å²) >= 11 is 3.38. The fourth-order valence-corrected chi connectivity index (χ4v) is 2.09. The molecule has 0 saturated carbocycles. The van der Waals surface area contributed by atoms with Crippen LogP contribution in [0.2, 0.25) is 0 Å². The van der Waals surface area contributed by atoms with Gasteiger partial charge in [-0.25, -0.2) is 0 Å². The molecule has 1 atom stereocenters. The fraction of sp³-hybridized carbons (Fsp3) is 0.188. The van der Waals surface area contributed by atoms with E-state index in [0.29, 0.717) is 6.42 Å². The fourth-order valence-electron chi connectivity index (χ4n) is 1.71. The molecule has 0 aliphatic carbocycles. The standard InChI is InChI=1S/C16H15BrO2/c1-12(18)16(17)11-13-6-5-9-15(10-13)19-14-7-3-2-4-8-14/h2-10,16H,11H2,1H3. The topological polar surface area (TPSA) is 26.3 Å². The molecule has 0 spiro atoms. The number of ketones is 1. The maximum Gasteiger partial charge on any atom is 0.143 e. The normalized spacial score (nSPS) is 11.9. The molecule has 2 aromatic rings. The largest absolute Gasteiger partial charge is 0.457 e. The van der Waals surface area contributed by atoms with E-state index >= 15 is 0 Å². The summed E-state index contributed by atoms with van der Waals surface area (Å²) in [6, 6.07) is 17.4. The summed E-state index contributed by atoms with van der Waals surface area (Å²) in [4.78, 5) is 11.1. The van der Waals surface area contributed by atoms with Crippen LogP contribution in [0.1, 0.15) is 12.5 Å². The first-order valence-electron chi connectivity index (χ1n) is 6.11. The molecule has 0 fully saturated rings. The van der Waals surface area contributed by atoms with Crippen molar-refractivity contribution in [3.05, 3.63) is 60.2 Å². The van der Waals surface area contributed by atoms with E-state index in [-0.39, 0.29) is 10.6 Å². The van der Waals surface area contributed by atoms with Crippen LogP contribution in [0.4, 0.5) is 0 Å². The van der Waals surface area contributed by atoms with Crippen LogP contribution < -0.4 is 4.74 Å². The molecule has 0 amide bonds. The molecule has 2 nitrogen and oxygen atoms in total. The smallest absolute Gasteiger partial charge is 0.143 e.